The maximum Gasteiger partial charge on any atom is 0.229 e. The van der Waals surface area contributed by atoms with Crippen molar-refractivity contribution in [2.45, 2.75) is 77.9 Å². The molecule has 4 rings (SSSR count). The van der Waals surface area contributed by atoms with Crippen LogP contribution in [-0.2, 0) is 17.8 Å². The average molecular weight is 554 g/mol. The lowest BCUT2D eigenvalue weighted by Crippen LogP contribution is -2.49. The Labute approximate surface area is 234 Å². The van der Waals surface area contributed by atoms with Crippen LogP contribution in [0.15, 0.2) is 41.5 Å². The summed E-state index contributed by atoms with van der Waals surface area (Å²) in [7, 11) is 0. The van der Waals surface area contributed by atoms with E-state index in [1.807, 2.05) is 18.7 Å². The fourth-order valence-electron chi connectivity index (χ4n) is 5.39. The number of pyridine rings is 1. The molecule has 1 aliphatic heterocycles. The Morgan fingerprint density at radius 2 is 2.03 bits per heavy atom. The standard InChI is InChI=1S/C29H36ClN5O2S/c1-20-15-27(30)33-22(3)29(20)26(36)6-4-5-21(2)34-12-7-25(8-13-34)35(18-23-9-14-38-19-23)28(37)16-24-17-31-10-11-32-24/h9-11,14-15,17,19,21,25H,4-8,12-13,16,18H2,1-3H3. The molecule has 1 saturated heterocycles. The molecule has 1 unspecified atom stereocenters. The summed E-state index contributed by atoms with van der Waals surface area (Å²) < 4.78 is 0. The quantitative estimate of drug-likeness (QED) is 0.224. The Bertz CT molecular complexity index is 1190. The van der Waals surface area contributed by atoms with E-state index in [2.05, 4.69) is 43.6 Å². The van der Waals surface area contributed by atoms with Crippen LogP contribution in [0.3, 0.4) is 0 Å². The maximum atomic E-state index is 13.3. The Morgan fingerprint density at radius 1 is 1.24 bits per heavy atom. The van der Waals surface area contributed by atoms with Gasteiger partial charge in [-0.25, -0.2) is 4.98 Å². The van der Waals surface area contributed by atoms with Crippen LogP contribution in [0.4, 0.5) is 0 Å². The lowest BCUT2D eigenvalue weighted by Gasteiger charge is -2.41. The molecule has 0 bridgehead atoms. The van der Waals surface area contributed by atoms with Gasteiger partial charge in [0.15, 0.2) is 5.78 Å². The molecule has 1 amide bonds. The van der Waals surface area contributed by atoms with E-state index >= 15 is 0 Å². The second kappa shape index (κ2) is 13.4. The number of rotatable bonds is 11. The van der Waals surface area contributed by atoms with Crippen molar-refractivity contribution in [2.75, 3.05) is 13.1 Å². The summed E-state index contributed by atoms with van der Waals surface area (Å²) in [4.78, 5) is 43.4. The van der Waals surface area contributed by atoms with E-state index in [0.717, 1.165) is 44.3 Å². The summed E-state index contributed by atoms with van der Waals surface area (Å²) in [5.74, 6) is 0.241. The number of thiophene rings is 1. The molecular formula is C29H36ClN5O2S. The molecule has 7 nitrogen and oxygen atoms in total. The van der Waals surface area contributed by atoms with Gasteiger partial charge in [0.25, 0.3) is 0 Å². The van der Waals surface area contributed by atoms with E-state index < -0.39 is 0 Å². The fourth-order valence-corrected chi connectivity index (χ4v) is 6.34. The van der Waals surface area contributed by atoms with Gasteiger partial charge in [-0.05, 0) is 80.5 Å². The third-order valence-corrected chi connectivity index (χ3v) is 8.36. The van der Waals surface area contributed by atoms with Crippen molar-refractivity contribution in [3.63, 3.8) is 0 Å². The van der Waals surface area contributed by atoms with E-state index in [1.54, 1.807) is 36.0 Å². The molecule has 4 heterocycles. The minimum absolute atomic E-state index is 0.101. The number of halogens is 1. The predicted octanol–water partition coefficient (Wildman–Crippen LogP) is 5.68. The molecule has 0 radical (unpaired) electrons. The van der Waals surface area contributed by atoms with Gasteiger partial charge >= 0.3 is 0 Å². The molecule has 0 aliphatic carbocycles. The Hall–Kier alpha value is -2.68. The van der Waals surface area contributed by atoms with Crippen molar-refractivity contribution in [3.05, 3.63) is 74.7 Å². The highest BCUT2D eigenvalue weighted by Crippen LogP contribution is 2.24. The molecule has 0 saturated carbocycles. The zero-order valence-electron chi connectivity index (χ0n) is 22.4. The van der Waals surface area contributed by atoms with Crippen LogP contribution in [0.1, 0.15) is 71.9 Å². The van der Waals surface area contributed by atoms with Crippen molar-refractivity contribution in [2.24, 2.45) is 0 Å². The molecule has 38 heavy (non-hydrogen) atoms. The first kappa shape index (κ1) is 28.3. The Morgan fingerprint density at radius 3 is 2.68 bits per heavy atom. The molecule has 9 heteroatoms. The molecule has 1 atom stereocenters. The van der Waals surface area contributed by atoms with Gasteiger partial charge in [-0.2, -0.15) is 11.3 Å². The lowest BCUT2D eigenvalue weighted by atomic mass is 9.97. The number of ketones is 1. The highest BCUT2D eigenvalue weighted by molar-refractivity contribution is 7.07. The number of carbonyl (C=O) groups is 2. The average Bonchev–Trinajstić information content (AvgIpc) is 3.41. The van der Waals surface area contributed by atoms with Crippen LogP contribution in [0.5, 0.6) is 0 Å². The third-order valence-electron chi connectivity index (χ3n) is 7.44. The van der Waals surface area contributed by atoms with Gasteiger partial charge in [0, 0.05) is 62.3 Å². The third kappa shape index (κ3) is 7.46. The van der Waals surface area contributed by atoms with Crippen LogP contribution in [-0.4, -0.2) is 61.6 Å². The van der Waals surface area contributed by atoms with Crippen molar-refractivity contribution in [1.29, 1.82) is 0 Å². The summed E-state index contributed by atoms with van der Waals surface area (Å²) in [5, 5.41) is 4.60. The zero-order valence-corrected chi connectivity index (χ0v) is 24.0. The number of Topliss-reactive ketones (excluding diaryl/α,β-unsaturated/α-hetero) is 1. The SMILES string of the molecule is Cc1cc(Cl)nc(C)c1C(=O)CCCC(C)N1CCC(N(Cc2ccsc2)C(=O)Cc2cnccn2)CC1. The number of aromatic nitrogens is 3. The van der Waals surface area contributed by atoms with Crippen molar-refractivity contribution in [3.8, 4) is 0 Å². The molecule has 1 aliphatic rings. The van der Waals surface area contributed by atoms with Gasteiger partial charge in [0.05, 0.1) is 17.8 Å². The van der Waals surface area contributed by atoms with Gasteiger partial charge in [-0.1, -0.05) is 11.6 Å². The molecule has 202 valence electrons. The highest BCUT2D eigenvalue weighted by Gasteiger charge is 2.30. The summed E-state index contributed by atoms with van der Waals surface area (Å²) in [6, 6.07) is 4.44. The molecule has 0 N–H and O–H groups in total. The Kier molecular flexibility index (Phi) is 9.99. The first-order chi connectivity index (χ1) is 18.3. The summed E-state index contributed by atoms with van der Waals surface area (Å²) in [6.45, 7) is 8.52. The number of nitrogens with zero attached hydrogens (tertiary/aromatic N) is 5. The lowest BCUT2D eigenvalue weighted by molar-refractivity contribution is -0.134. The Balaban J connectivity index is 1.29. The van der Waals surface area contributed by atoms with Crippen LogP contribution in [0.25, 0.3) is 0 Å². The van der Waals surface area contributed by atoms with Gasteiger partial charge < -0.3 is 9.80 Å². The molecule has 1 fully saturated rings. The smallest absolute Gasteiger partial charge is 0.229 e. The number of carbonyl (C=O) groups excluding carboxylic acids is 2. The van der Waals surface area contributed by atoms with Crippen LogP contribution >= 0.6 is 22.9 Å². The minimum Gasteiger partial charge on any atom is -0.335 e. The maximum absolute atomic E-state index is 13.3. The molecule has 0 aromatic carbocycles. The van der Waals surface area contributed by atoms with Gasteiger partial charge in [0.1, 0.15) is 5.15 Å². The van der Waals surface area contributed by atoms with E-state index in [1.165, 1.54) is 5.56 Å². The van der Waals surface area contributed by atoms with E-state index in [0.29, 0.717) is 41.1 Å². The molecule has 3 aromatic rings. The molecular weight excluding hydrogens is 518 g/mol. The number of likely N-dealkylation sites (tertiary alicyclic amines) is 1. The van der Waals surface area contributed by atoms with Crippen molar-refractivity contribution in [1.82, 2.24) is 24.8 Å². The first-order valence-corrected chi connectivity index (χ1v) is 14.6. The summed E-state index contributed by atoms with van der Waals surface area (Å²) >= 11 is 7.68. The second-order valence-electron chi connectivity index (χ2n) is 10.2. The molecule has 0 spiro atoms. The van der Waals surface area contributed by atoms with Crippen molar-refractivity contribution < 1.29 is 9.59 Å². The summed E-state index contributed by atoms with van der Waals surface area (Å²) in [6.07, 6.45) is 9.38. The monoisotopic (exact) mass is 553 g/mol. The minimum atomic E-state index is 0.101. The number of amides is 1. The van der Waals surface area contributed by atoms with E-state index in [-0.39, 0.29) is 24.2 Å². The largest absolute Gasteiger partial charge is 0.335 e. The zero-order chi connectivity index (χ0) is 27.1. The van der Waals surface area contributed by atoms with Crippen LogP contribution in [0.2, 0.25) is 5.15 Å². The van der Waals surface area contributed by atoms with Gasteiger partial charge in [-0.15, -0.1) is 0 Å². The first-order valence-electron chi connectivity index (χ1n) is 13.3. The molecule has 3 aromatic heterocycles. The van der Waals surface area contributed by atoms with Crippen LogP contribution in [0, 0.1) is 13.8 Å². The van der Waals surface area contributed by atoms with Crippen LogP contribution < -0.4 is 0 Å². The van der Waals surface area contributed by atoms with Gasteiger partial charge in [-0.3, -0.25) is 19.6 Å². The van der Waals surface area contributed by atoms with Crippen molar-refractivity contribution >= 4 is 34.6 Å². The predicted molar refractivity (Wildman–Crippen MR) is 152 cm³/mol. The normalized spacial score (nSPS) is 15.4. The number of hydrogen-bond donors (Lipinski definition) is 0. The van der Waals surface area contributed by atoms with E-state index in [4.69, 9.17) is 11.6 Å². The van der Waals surface area contributed by atoms with Gasteiger partial charge in [0.2, 0.25) is 5.91 Å². The topological polar surface area (TPSA) is 79.3 Å². The van der Waals surface area contributed by atoms with E-state index in [9.17, 15) is 9.59 Å². The second-order valence-corrected chi connectivity index (χ2v) is 11.3. The highest BCUT2D eigenvalue weighted by atomic mass is 35.5. The fraction of sp³-hybridized carbons (Fsp3) is 0.483. The number of hydrogen-bond acceptors (Lipinski definition) is 7. The number of piperidine rings is 1. The number of aryl methyl sites for hydroxylation is 2. The summed E-state index contributed by atoms with van der Waals surface area (Å²) in [5.41, 5.74) is 4.18.